The Hall–Kier alpha value is -1.16. The molecule has 0 aliphatic rings. The Morgan fingerprint density at radius 1 is 1.28 bits per heavy atom. The van der Waals surface area contributed by atoms with Crippen LogP contribution in [0.1, 0.15) is 19.4 Å². The van der Waals surface area contributed by atoms with E-state index in [4.69, 9.17) is 14.5 Å². The van der Waals surface area contributed by atoms with Gasteiger partial charge in [-0.25, -0.2) is 4.79 Å². The molecule has 3 N–H and O–H groups in total. The maximum Gasteiger partial charge on any atom is 0.407 e. The number of carbonyl (C=O) groups excluding carboxylic acids is 1. The minimum absolute atomic E-state index is 0.149. The molecule has 0 aromatic heterocycles. The van der Waals surface area contributed by atoms with Crippen LogP contribution in [-0.2, 0) is 11.3 Å². The number of amides is 1. The van der Waals surface area contributed by atoms with Crippen LogP contribution in [0.2, 0.25) is 0 Å². The molecule has 0 spiro atoms. The number of alkyl carbamates (subject to hydrolysis) is 1. The van der Waals surface area contributed by atoms with E-state index in [1.807, 2.05) is 44.2 Å². The topological polar surface area (TPSA) is 78.8 Å². The number of carbonyl (C=O) groups is 1. The molecular weight excluding hydrogens is 253 g/mol. The van der Waals surface area contributed by atoms with Crippen LogP contribution in [-0.4, -0.2) is 28.6 Å². The summed E-state index contributed by atoms with van der Waals surface area (Å²) in [6.07, 6.45) is -0.406. The molecule has 1 rings (SSSR count). The standard InChI is InChI=1S/C10H14NO4P.C2H6/c12-10(11-6-7-16(13)14)15-8-9-4-2-1-3-5-9;1-2/h1-5,13-14H,6-8H2,(H,11,12);1-2H3. The van der Waals surface area contributed by atoms with Crippen molar-refractivity contribution in [1.29, 1.82) is 0 Å². The molecule has 0 saturated heterocycles. The quantitative estimate of drug-likeness (QED) is 0.719. The van der Waals surface area contributed by atoms with E-state index in [0.717, 1.165) is 5.56 Å². The van der Waals surface area contributed by atoms with Crippen LogP contribution < -0.4 is 5.32 Å². The van der Waals surface area contributed by atoms with E-state index in [1.165, 1.54) is 0 Å². The van der Waals surface area contributed by atoms with Gasteiger partial charge in [0, 0.05) is 12.7 Å². The second-order valence-corrected chi connectivity index (χ2v) is 4.28. The number of hydrogen-bond donors (Lipinski definition) is 3. The van der Waals surface area contributed by atoms with Gasteiger partial charge in [0.2, 0.25) is 0 Å². The normalized spacial score (nSPS) is 9.39. The zero-order valence-corrected chi connectivity index (χ0v) is 11.6. The predicted octanol–water partition coefficient (Wildman–Crippen LogP) is 2.24. The molecule has 0 saturated carbocycles. The molecule has 0 atom stereocenters. The molecule has 1 aromatic rings. The number of nitrogens with one attached hydrogen (secondary N) is 1. The first kappa shape index (κ1) is 16.8. The highest BCUT2D eigenvalue weighted by molar-refractivity contribution is 7.45. The van der Waals surface area contributed by atoms with Crippen LogP contribution in [0.3, 0.4) is 0 Å². The molecule has 1 aromatic carbocycles. The van der Waals surface area contributed by atoms with E-state index < -0.39 is 14.5 Å². The van der Waals surface area contributed by atoms with E-state index in [9.17, 15) is 4.79 Å². The maximum atomic E-state index is 11.1. The van der Waals surface area contributed by atoms with E-state index in [-0.39, 0.29) is 19.3 Å². The third-order valence-corrected chi connectivity index (χ3v) is 2.42. The fraction of sp³-hybridized carbons (Fsp3) is 0.417. The summed E-state index contributed by atoms with van der Waals surface area (Å²) < 4.78 is 4.90. The molecule has 0 radical (unpaired) electrons. The van der Waals surface area contributed by atoms with Gasteiger partial charge in [0.25, 0.3) is 0 Å². The number of rotatable bonds is 5. The number of hydrogen-bond acceptors (Lipinski definition) is 4. The Morgan fingerprint density at radius 2 is 1.89 bits per heavy atom. The molecule has 0 aliphatic carbocycles. The highest BCUT2D eigenvalue weighted by Crippen LogP contribution is 2.20. The van der Waals surface area contributed by atoms with Crippen molar-refractivity contribution in [2.24, 2.45) is 0 Å². The van der Waals surface area contributed by atoms with Gasteiger partial charge >= 0.3 is 6.09 Å². The van der Waals surface area contributed by atoms with E-state index in [2.05, 4.69) is 5.32 Å². The summed E-state index contributed by atoms with van der Waals surface area (Å²) in [5.74, 6) is 0. The molecule has 1 amide bonds. The second kappa shape index (κ2) is 11.0. The Kier molecular flexibility index (Phi) is 10.3. The lowest BCUT2D eigenvalue weighted by molar-refractivity contribution is 0.140. The predicted molar refractivity (Wildman–Crippen MR) is 72.2 cm³/mol. The summed E-state index contributed by atoms with van der Waals surface area (Å²) >= 11 is 0. The summed E-state index contributed by atoms with van der Waals surface area (Å²) in [5.41, 5.74) is 0.907. The summed E-state index contributed by atoms with van der Waals surface area (Å²) in [5, 5.41) is 2.42. The van der Waals surface area contributed by atoms with Crippen LogP contribution in [0.5, 0.6) is 0 Å². The second-order valence-electron chi connectivity index (χ2n) is 3.08. The molecule has 102 valence electrons. The van der Waals surface area contributed by atoms with Crippen LogP contribution in [0.4, 0.5) is 4.79 Å². The van der Waals surface area contributed by atoms with Gasteiger partial charge in [0.1, 0.15) is 6.61 Å². The third-order valence-electron chi connectivity index (χ3n) is 1.79. The first-order chi connectivity index (χ1) is 8.68. The summed E-state index contributed by atoms with van der Waals surface area (Å²) in [7, 11) is -1.95. The lowest BCUT2D eigenvalue weighted by atomic mass is 10.2. The first-order valence-electron chi connectivity index (χ1n) is 5.78. The zero-order chi connectivity index (χ0) is 13.8. The average Bonchev–Trinajstić information content (AvgIpc) is 2.39. The molecule has 0 heterocycles. The van der Waals surface area contributed by atoms with Gasteiger partial charge in [-0.2, -0.15) is 0 Å². The molecule has 5 nitrogen and oxygen atoms in total. The maximum absolute atomic E-state index is 11.1. The minimum Gasteiger partial charge on any atom is -0.445 e. The fourth-order valence-electron chi connectivity index (χ4n) is 1.03. The summed E-state index contributed by atoms with van der Waals surface area (Å²) in [6, 6.07) is 9.32. The smallest absolute Gasteiger partial charge is 0.407 e. The van der Waals surface area contributed by atoms with Crippen LogP contribution in [0, 0.1) is 0 Å². The van der Waals surface area contributed by atoms with Gasteiger partial charge in [-0.05, 0) is 5.56 Å². The number of benzene rings is 1. The van der Waals surface area contributed by atoms with Crippen LogP contribution in [0.15, 0.2) is 30.3 Å². The van der Waals surface area contributed by atoms with Crippen molar-refractivity contribution >= 4 is 14.5 Å². The lowest BCUT2D eigenvalue weighted by Gasteiger charge is -2.07. The van der Waals surface area contributed by atoms with Crippen LogP contribution >= 0.6 is 8.38 Å². The largest absolute Gasteiger partial charge is 0.445 e. The van der Waals surface area contributed by atoms with Crippen molar-refractivity contribution in [3.63, 3.8) is 0 Å². The molecule has 6 heteroatoms. The highest BCUT2D eigenvalue weighted by atomic mass is 31.2. The van der Waals surface area contributed by atoms with E-state index >= 15 is 0 Å². The molecule has 18 heavy (non-hydrogen) atoms. The van der Waals surface area contributed by atoms with Gasteiger partial charge in [-0.15, -0.1) is 0 Å². The van der Waals surface area contributed by atoms with Crippen molar-refractivity contribution in [2.75, 3.05) is 12.7 Å². The lowest BCUT2D eigenvalue weighted by Crippen LogP contribution is -2.26. The Bertz CT molecular complexity index is 319. The summed E-state index contributed by atoms with van der Waals surface area (Å²) in [4.78, 5) is 28.3. The highest BCUT2D eigenvalue weighted by Gasteiger charge is 2.03. The molecule has 0 fully saturated rings. The van der Waals surface area contributed by atoms with E-state index in [1.54, 1.807) is 0 Å². The van der Waals surface area contributed by atoms with E-state index in [0.29, 0.717) is 0 Å². The van der Waals surface area contributed by atoms with Crippen molar-refractivity contribution < 1.29 is 19.3 Å². The van der Waals surface area contributed by atoms with Crippen molar-refractivity contribution in [3.05, 3.63) is 35.9 Å². The van der Waals surface area contributed by atoms with Crippen LogP contribution in [0.25, 0.3) is 0 Å². The average molecular weight is 273 g/mol. The van der Waals surface area contributed by atoms with Crippen molar-refractivity contribution in [2.45, 2.75) is 20.5 Å². The Balaban J connectivity index is 0.00000137. The van der Waals surface area contributed by atoms with Gasteiger partial charge in [0.15, 0.2) is 8.38 Å². The minimum atomic E-state index is -1.95. The molecule has 0 unspecified atom stereocenters. The SMILES string of the molecule is CC.O=C(NCCP(O)O)OCc1ccccc1. The summed E-state index contributed by atoms with van der Waals surface area (Å²) in [6.45, 7) is 4.41. The third kappa shape index (κ3) is 8.93. The first-order valence-corrected chi connectivity index (χ1v) is 7.21. The monoisotopic (exact) mass is 273 g/mol. The fourth-order valence-corrected chi connectivity index (χ4v) is 1.34. The zero-order valence-electron chi connectivity index (χ0n) is 10.7. The van der Waals surface area contributed by atoms with Crippen molar-refractivity contribution in [3.8, 4) is 0 Å². The molecule has 0 aliphatic heterocycles. The van der Waals surface area contributed by atoms with Gasteiger partial charge < -0.3 is 19.8 Å². The molecular formula is C12H20NO4P. The Morgan fingerprint density at radius 3 is 2.44 bits per heavy atom. The van der Waals surface area contributed by atoms with Gasteiger partial charge in [-0.1, -0.05) is 44.2 Å². The molecule has 0 bridgehead atoms. The van der Waals surface area contributed by atoms with Gasteiger partial charge in [-0.3, -0.25) is 0 Å². The number of ether oxygens (including phenoxy) is 1. The van der Waals surface area contributed by atoms with Gasteiger partial charge in [0.05, 0.1) is 0 Å². The van der Waals surface area contributed by atoms with Crippen molar-refractivity contribution in [1.82, 2.24) is 5.32 Å². The Labute approximate surface area is 109 Å².